The molecule has 15 heavy (non-hydrogen) atoms. The van der Waals surface area contributed by atoms with Gasteiger partial charge >= 0.3 is 0 Å². The van der Waals surface area contributed by atoms with Crippen LogP contribution in [0, 0.1) is 0 Å². The lowest BCUT2D eigenvalue weighted by molar-refractivity contribution is 0.0927. The maximum atomic E-state index is 11.6. The van der Waals surface area contributed by atoms with Crippen molar-refractivity contribution in [3.8, 4) is 0 Å². The Labute approximate surface area is 89.9 Å². The van der Waals surface area contributed by atoms with Gasteiger partial charge in [0.15, 0.2) is 5.78 Å². The molecule has 0 saturated carbocycles. The van der Waals surface area contributed by atoms with Gasteiger partial charge in [-0.15, -0.1) is 0 Å². The number of hydrogen-bond acceptors (Lipinski definition) is 3. The summed E-state index contributed by atoms with van der Waals surface area (Å²) in [4.78, 5) is 16.4. The summed E-state index contributed by atoms with van der Waals surface area (Å²) in [5.74, 6) is 0.0769. The largest absolute Gasteiger partial charge is 0.393 e. The number of carbonyl (C=O) groups excluding carboxylic acids is 1. The van der Waals surface area contributed by atoms with Gasteiger partial charge in [-0.05, 0) is 32.5 Å². The number of aliphatic hydroxyl groups excluding tert-OH is 1. The fraction of sp³-hybridized carbons (Fsp3) is 0.545. The van der Waals surface area contributed by atoms with Gasteiger partial charge in [-0.25, -0.2) is 0 Å². The summed E-state index contributed by atoms with van der Waals surface area (Å²) in [6, 6.07) is 3.58. The second kappa shape index (κ2) is 5.68. The van der Waals surface area contributed by atoms with E-state index in [1.807, 2.05) is 18.0 Å². The standard InChI is InChI=1S/C11H18N2O2/c1-9(14)5-7-13(2)8-11(15)10-4-3-6-12-10/h3-4,6,9,12,14H,5,7-8H2,1-2H3. The molecule has 84 valence electrons. The Kier molecular flexibility index (Phi) is 4.52. The zero-order valence-electron chi connectivity index (χ0n) is 9.23. The summed E-state index contributed by atoms with van der Waals surface area (Å²) in [5.41, 5.74) is 0.638. The number of nitrogens with one attached hydrogen (secondary N) is 1. The van der Waals surface area contributed by atoms with E-state index in [1.165, 1.54) is 0 Å². The van der Waals surface area contributed by atoms with E-state index in [4.69, 9.17) is 5.11 Å². The number of carbonyl (C=O) groups is 1. The van der Waals surface area contributed by atoms with E-state index in [0.29, 0.717) is 18.7 Å². The Morgan fingerprint density at radius 2 is 2.40 bits per heavy atom. The van der Waals surface area contributed by atoms with E-state index >= 15 is 0 Å². The number of aromatic nitrogens is 1. The van der Waals surface area contributed by atoms with Crippen molar-refractivity contribution in [1.82, 2.24) is 9.88 Å². The molecule has 4 heteroatoms. The van der Waals surface area contributed by atoms with Crippen molar-refractivity contribution in [3.05, 3.63) is 24.0 Å². The van der Waals surface area contributed by atoms with Crippen LogP contribution in [0.4, 0.5) is 0 Å². The first-order valence-electron chi connectivity index (χ1n) is 5.13. The Bertz CT molecular complexity index is 294. The Hall–Kier alpha value is -1.13. The van der Waals surface area contributed by atoms with Crippen molar-refractivity contribution in [1.29, 1.82) is 0 Å². The van der Waals surface area contributed by atoms with Gasteiger partial charge < -0.3 is 10.1 Å². The van der Waals surface area contributed by atoms with Crippen LogP contribution in [0.2, 0.25) is 0 Å². The van der Waals surface area contributed by atoms with Gasteiger partial charge in [-0.2, -0.15) is 0 Å². The average Bonchev–Trinajstić information content (AvgIpc) is 2.67. The lowest BCUT2D eigenvalue weighted by Crippen LogP contribution is -2.28. The molecule has 0 amide bonds. The number of likely N-dealkylation sites (N-methyl/N-ethyl adjacent to an activating group) is 1. The number of ketones is 1. The number of Topliss-reactive ketones (excluding diaryl/α,β-unsaturated/α-hetero) is 1. The molecule has 0 aromatic carbocycles. The second-order valence-electron chi connectivity index (χ2n) is 3.88. The first-order valence-corrected chi connectivity index (χ1v) is 5.13. The maximum Gasteiger partial charge on any atom is 0.192 e. The van der Waals surface area contributed by atoms with E-state index in [0.717, 1.165) is 6.54 Å². The van der Waals surface area contributed by atoms with Gasteiger partial charge in [0.25, 0.3) is 0 Å². The third kappa shape index (κ3) is 4.27. The predicted molar refractivity (Wildman–Crippen MR) is 58.9 cm³/mol. The number of H-pyrrole nitrogens is 1. The molecule has 1 aromatic rings. The summed E-state index contributed by atoms with van der Waals surface area (Å²) in [6.45, 7) is 2.86. The normalized spacial score (nSPS) is 13.1. The average molecular weight is 210 g/mol. The van der Waals surface area contributed by atoms with Crippen LogP contribution in [0.15, 0.2) is 18.3 Å². The lowest BCUT2D eigenvalue weighted by Gasteiger charge is -2.15. The van der Waals surface area contributed by atoms with Crippen molar-refractivity contribution >= 4 is 5.78 Å². The Balaban J connectivity index is 2.32. The van der Waals surface area contributed by atoms with Crippen LogP contribution in [0.1, 0.15) is 23.8 Å². The van der Waals surface area contributed by atoms with Crippen molar-refractivity contribution < 1.29 is 9.90 Å². The molecule has 2 N–H and O–H groups in total. The molecular weight excluding hydrogens is 192 g/mol. The molecule has 0 spiro atoms. The fourth-order valence-electron chi connectivity index (χ4n) is 1.32. The minimum absolute atomic E-state index is 0.0769. The molecule has 0 aliphatic heterocycles. The topological polar surface area (TPSA) is 56.3 Å². The summed E-state index contributed by atoms with van der Waals surface area (Å²) >= 11 is 0. The van der Waals surface area contributed by atoms with Crippen LogP contribution >= 0.6 is 0 Å². The molecule has 4 nitrogen and oxygen atoms in total. The molecule has 0 saturated heterocycles. The minimum atomic E-state index is -0.312. The molecule has 1 unspecified atom stereocenters. The zero-order valence-corrected chi connectivity index (χ0v) is 9.23. The Morgan fingerprint density at radius 3 is 2.93 bits per heavy atom. The highest BCUT2D eigenvalue weighted by Gasteiger charge is 2.10. The maximum absolute atomic E-state index is 11.6. The smallest absolute Gasteiger partial charge is 0.192 e. The molecule has 1 heterocycles. The SMILES string of the molecule is CC(O)CCN(C)CC(=O)c1ccc[nH]1. The molecule has 0 bridgehead atoms. The summed E-state index contributed by atoms with van der Waals surface area (Å²) in [5, 5.41) is 9.10. The van der Waals surface area contributed by atoms with Gasteiger partial charge in [-0.3, -0.25) is 9.69 Å². The first-order chi connectivity index (χ1) is 7.09. The first kappa shape index (κ1) is 11.9. The fourth-order valence-corrected chi connectivity index (χ4v) is 1.32. The van der Waals surface area contributed by atoms with Crippen LogP contribution < -0.4 is 0 Å². The van der Waals surface area contributed by atoms with Gasteiger partial charge in [0, 0.05) is 12.7 Å². The number of rotatable bonds is 6. The van der Waals surface area contributed by atoms with Crippen molar-refractivity contribution in [2.45, 2.75) is 19.4 Å². The molecule has 0 aliphatic rings. The molecular formula is C11H18N2O2. The van der Waals surface area contributed by atoms with Gasteiger partial charge in [0.05, 0.1) is 18.3 Å². The van der Waals surface area contributed by atoms with Crippen LogP contribution in [0.3, 0.4) is 0 Å². The molecule has 0 radical (unpaired) electrons. The minimum Gasteiger partial charge on any atom is -0.393 e. The van der Waals surface area contributed by atoms with Gasteiger partial charge in [0.1, 0.15) is 0 Å². The highest BCUT2D eigenvalue weighted by molar-refractivity contribution is 5.95. The van der Waals surface area contributed by atoms with E-state index in [1.54, 1.807) is 19.2 Å². The molecule has 0 aliphatic carbocycles. The van der Waals surface area contributed by atoms with Crippen LogP contribution in [0.25, 0.3) is 0 Å². The van der Waals surface area contributed by atoms with E-state index in [-0.39, 0.29) is 11.9 Å². The molecule has 1 rings (SSSR count). The summed E-state index contributed by atoms with van der Waals surface area (Å²) < 4.78 is 0. The predicted octanol–water partition coefficient (Wildman–Crippen LogP) is 0.900. The highest BCUT2D eigenvalue weighted by Crippen LogP contribution is 1.99. The van der Waals surface area contributed by atoms with Crippen molar-refractivity contribution in [2.24, 2.45) is 0 Å². The van der Waals surface area contributed by atoms with Gasteiger partial charge in [0.2, 0.25) is 0 Å². The number of nitrogens with zero attached hydrogens (tertiary/aromatic N) is 1. The number of aliphatic hydroxyl groups is 1. The van der Waals surface area contributed by atoms with Crippen molar-refractivity contribution in [2.75, 3.05) is 20.1 Å². The second-order valence-corrected chi connectivity index (χ2v) is 3.88. The van der Waals surface area contributed by atoms with Crippen LogP contribution in [0.5, 0.6) is 0 Å². The number of hydrogen-bond donors (Lipinski definition) is 2. The quantitative estimate of drug-likeness (QED) is 0.686. The third-order valence-electron chi connectivity index (χ3n) is 2.24. The highest BCUT2D eigenvalue weighted by atomic mass is 16.3. The summed E-state index contributed by atoms with van der Waals surface area (Å²) in [7, 11) is 1.88. The van der Waals surface area contributed by atoms with Crippen LogP contribution in [-0.2, 0) is 0 Å². The Morgan fingerprint density at radius 1 is 1.67 bits per heavy atom. The van der Waals surface area contributed by atoms with Crippen LogP contribution in [-0.4, -0.2) is 47.0 Å². The van der Waals surface area contributed by atoms with E-state index in [2.05, 4.69) is 4.98 Å². The molecule has 1 atom stereocenters. The summed E-state index contributed by atoms with van der Waals surface area (Å²) in [6.07, 6.45) is 2.12. The van der Waals surface area contributed by atoms with Crippen molar-refractivity contribution in [3.63, 3.8) is 0 Å². The van der Waals surface area contributed by atoms with E-state index in [9.17, 15) is 4.79 Å². The van der Waals surface area contributed by atoms with Gasteiger partial charge in [-0.1, -0.05) is 0 Å². The molecule has 0 fully saturated rings. The third-order valence-corrected chi connectivity index (χ3v) is 2.24. The monoisotopic (exact) mass is 210 g/mol. The number of aromatic amines is 1. The molecule has 1 aromatic heterocycles. The lowest BCUT2D eigenvalue weighted by atomic mass is 10.2. The van der Waals surface area contributed by atoms with E-state index < -0.39 is 0 Å². The zero-order chi connectivity index (χ0) is 11.3.